The monoisotopic (exact) mass is 408 g/mol. The molecule has 1 saturated heterocycles. The molecule has 6 heteroatoms. The first kappa shape index (κ1) is 21.3. The van der Waals surface area contributed by atoms with E-state index in [0.717, 1.165) is 57.6 Å². The average molecular weight is 408 g/mol. The Hall–Kier alpha value is -2.41. The zero-order chi connectivity index (χ0) is 20.5. The molecule has 0 spiro atoms. The molecule has 0 saturated carbocycles. The maximum atomic E-state index is 9.22. The number of benzene rings is 1. The first-order chi connectivity index (χ1) is 14.2. The van der Waals surface area contributed by atoms with Crippen molar-refractivity contribution >= 4 is 20.1 Å². The highest BCUT2D eigenvalue weighted by molar-refractivity contribution is 7.20. The van der Waals surface area contributed by atoms with Crippen molar-refractivity contribution in [1.29, 1.82) is 5.26 Å². The molecule has 1 aromatic heterocycles. The molecule has 0 bridgehead atoms. The van der Waals surface area contributed by atoms with Gasteiger partial charge in [0, 0.05) is 37.2 Å². The van der Waals surface area contributed by atoms with Gasteiger partial charge < -0.3 is 10.1 Å². The molecule has 0 atom stereocenters. The van der Waals surface area contributed by atoms with Crippen LogP contribution < -0.4 is 10.1 Å². The van der Waals surface area contributed by atoms with Crippen LogP contribution in [0.5, 0.6) is 5.75 Å². The second-order valence-electron chi connectivity index (χ2n) is 7.39. The Morgan fingerprint density at radius 1 is 1.28 bits per heavy atom. The summed E-state index contributed by atoms with van der Waals surface area (Å²) in [4.78, 5) is 6.71. The Morgan fingerprint density at radius 2 is 2.03 bits per heavy atom. The zero-order valence-electron chi connectivity index (χ0n) is 17.0. The number of nitrogens with one attached hydrogen (secondary N) is 1. The molecular weight excluding hydrogens is 379 g/mol. The molecule has 1 aromatic carbocycles. The van der Waals surface area contributed by atoms with E-state index in [9.17, 15) is 5.26 Å². The summed E-state index contributed by atoms with van der Waals surface area (Å²) in [5, 5.41) is 12.7. The molecular formula is C23H29N4OP. The van der Waals surface area contributed by atoms with Crippen LogP contribution in [0.25, 0.3) is 0 Å². The number of ether oxygens (including phenoxy) is 1. The maximum Gasteiger partial charge on any atom is 0.144 e. The van der Waals surface area contributed by atoms with E-state index in [2.05, 4.69) is 61.3 Å². The Bertz CT molecular complexity index is 839. The van der Waals surface area contributed by atoms with Crippen molar-refractivity contribution in [1.82, 2.24) is 9.88 Å². The van der Waals surface area contributed by atoms with Gasteiger partial charge in [0.2, 0.25) is 0 Å². The lowest BCUT2D eigenvalue weighted by atomic mass is 10.0. The number of nitriles is 1. The highest BCUT2D eigenvalue weighted by Gasteiger charge is 2.22. The lowest BCUT2D eigenvalue weighted by Crippen LogP contribution is -2.42. The van der Waals surface area contributed by atoms with Crippen molar-refractivity contribution in [2.45, 2.75) is 45.1 Å². The summed E-state index contributed by atoms with van der Waals surface area (Å²) >= 11 is 0. The fourth-order valence-electron chi connectivity index (χ4n) is 3.44. The number of anilines is 1. The maximum absolute atomic E-state index is 9.22. The number of piperidine rings is 1. The Kier molecular flexibility index (Phi) is 8.04. The highest BCUT2D eigenvalue weighted by atomic mass is 31.0. The van der Waals surface area contributed by atoms with Crippen molar-refractivity contribution in [2.24, 2.45) is 0 Å². The van der Waals surface area contributed by atoms with Gasteiger partial charge in [-0.1, -0.05) is 25.5 Å². The van der Waals surface area contributed by atoms with Crippen LogP contribution in [0.2, 0.25) is 0 Å². The summed E-state index contributed by atoms with van der Waals surface area (Å²) in [5.74, 6) is 1.63. The van der Waals surface area contributed by atoms with E-state index in [1.807, 2.05) is 0 Å². The van der Waals surface area contributed by atoms with Gasteiger partial charge in [0.05, 0.1) is 12.2 Å². The molecule has 29 heavy (non-hydrogen) atoms. The average Bonchev–Trinajstić information content (AvgIpc) is 2.76. The molecule has 2 heterocycles. The van der Waals surface area contributed by atoms with Crippen LogP contribution >= 0.6 is 8.86 Å². The van der Waals surface area contributed by atoms with Gasteiger partial charge >= 0.3 is 0 Å². The lowest BCUT2D eigenvalue weighted by molar-refractivity contribution is 0.309. The molecule has 0 radical (unpaired) electrons. The molecule has 0 aliphatic carbocycles. The van der Waals surface area contributed by atoms with E-state index in [1.54, 1.807) is 18.3 Å². The smallest absolute Gasteiger partial charge is 0.144 e. The summed E-state index contributed by atoms with van der Waals surface area (Å²) in [7, 11) is 3.85. The Balaban J connectivity index is 1.46. The number of rotatable bonds is 9. The highest BCUT2D eigenvalue weighted by Crippen LogP contribution is 2.20. The van der Waals surface area contributed by atoms with E-state index in [4.69, 9.17) is 4.74 Å². The lowest BCUT2D eigenvalue weighted by Gasteiger charge is -2.33. The fraction of sp³-hybridized carbons (Fsp3) is 0.435. The van der Waals surface area contributed by atoms with Gasteiger partial charge in [-0.25, -0.2) is 4.98 Å². The minimum atomic E-state index is 0.340. The van der Waals surface area contributed by atoms with Crippen LogP contribution in [0.15, 0.2) is 42.6 Å². The second kappa shape index (κ2) is 11.0. The molecule has 152 valence electrons. The summed E-state index contributed by atoms with van der Waals surface area (Å²) in [5.41, 5.74) is 3.08. The molecule has 1 fully saturated rings. The van der Waals surface area contributed by atoms with Crippen LogP contribution in [-0.4, -0.2) is 41.0 Å². The molecule has 2 aromatic rings. The number of pyridine rings is 1. The van der Waals surface area contributed by atoms with Gasteiger partial charge in [-0.15, -0.1) is 8.86 Å². The SMILES string of the molecule is CCCCOc1ccc(CC(=P)N2CCC(Nc3ncccc3C#N)CC2)cc1. The molecule has 0 amide bonds. The summed E-state index contributed by atoms with van der Waals surface area (Å²) in [6.07, 6.45) is 6.86. The van der Waals surface area contributed by atoms with Gasteiger partial charge in [-0.05, 0) is 49.1 Å². The topological polar surface area (TPSA) is 61.2 Å². The van der Waals surface area contributed by atoms with E-state index in [1.165, 1.54) is 11.0 Å². The molecule has 1 aliphatic heterocycles. The number of aromatic nitrogens is 1. The van der Waals surface area contributed by atoms with Crippen molar-refractivity contribution in [3.8, 4) is 11.8 Å². The minimum absolute atomic E-state index is 0.340. The number of unbranched alkanes of at least 4 members (excludes halogenated alkanes) is 1. The van der Waals surface area contributed by atoms with Crippen LogP contribution in [-0.2, 0) is 6.42 Å². The second-order valence-corrected chi connectivity index (χ2v) is 7.96. The molecule has 3 rings (SSSR count). The third-order valence-corrected chi connectivity index (χ3v) is 5.70. The molecule has 1 aliphatic rings. The van der Waals surface area contributed by atoms with E-state index in [-0.39, 0.29) is 0 Å². The van der Waals surface area contributed by atoms with Gasteiger partial charge in [0.25, 0.3) is 0 Å². The van der Waals surface area contributed by atoms with Crippen molar-refractivity contribution < 1.29 is 4.74 Å². The summed E-state index contributed by atoms with van der Waals surface area (Å²) in [6.45, 7) is 4.90. The van der Waals surface area contributed by atoms with Crippen LogP contribution in [0.3, 0.4) is 0 Å². The number of hydrogen-bond acceptors (Lipinski definition) is 4. The van der Waals surface area contributed by atoms with Crippen molar-refractivity contribution in [2.75, 3.05) is 25.0 Å². The van der Waals surface area contributed by atoms with Gasteiger partial charge in [-0.3, -0.25) is 4.90 Å². The van der Waals surface area contributed by atoms with Crippen LogP contribution in [0, 0.1) is 11.3 Å². The quantitative estimate of drug-likeness (QED) is 0.488. The van der Waals surface area contributed by atoms with E-state index < -0.39 is 0 Å². The fourth-order valence-corrected chi connectivity index (χ4v) is 3.87. The van der Waals surface area contributed by atoms with Gasteiger partial charge in [0.15, 0.2) is 0 Å². The van der Waals surface area contributed by atoms with Crippen molar-refractivity contribution in [3.63, 3.8) is 0 Å². The Labute approximate surface area is 175 Å². The first-order valence-electron chi connectivity index (χ1n) is 10.4. The Morgan fingerprint density at radius 3 is 2.72 bits per heavy atom. The molecule has 5 nitrogen and oxygen atoms in total. The van der Waals surface area contributed by atoms with Crippen LogP contribution in [0.1, 0.15) is 43.7 Å². The third kappa shape index (κ3) is 6.29. The summed E-state index contributed by atoms with van der Waals surface area (Å²) in [6, 6.07) is 14.5. The van der Waals surface area contributed by atoms with Gasteiger partial charge in [-0.2, -0.15) is 5.26 Å². The number of likely N-dealkylation sites (tertiary alicyclic amines) is 1. The van der Waals surface area contributed by atoms with Crippen LogP contribution in [0.4, 0.5) is 5.82 Å². The zero-order valence-corrected chi connectivity index (χ0v) is 18.0. The summed E-state index contributed by atoms with van der Waals surface area (Å²) < 4.78 is 5.74. The first-order valence-corrected chi connectivity index (χ1v) is 10.9. The number of hydrogen-bond donors (Lipinski definition) is 1. The minimum Gasteiger partial charge on any atom is -0.494 e. The van der Waals surface area contributed by atoms with Gasteiger partial charge in [0.1, 0.15) is 17.6 Å². The molecule has 0 unspecified atom stereocenters. The standard InChI is InChI=1S/C23H29N4OP/c1-2-3-15-28-21-8-6-18(7-9-21)16-22(29)27-13-10-20(11-14-27)26-23-19(17-24)5-4-12-25-23/h4-9,12,20,29H,2-3,10-11,13-16H2,1H3,(H,25,26). The predicted octanol–water partition coefficient (Wildman–Crippen LogP) is 4.52. The largest absolute Gasteiger partial charge is 0.494 e. The normalized spacial score (nSPS) is 14.9. The molecule has 1 N–H and O–H groups in total. The van der Waals surface area contributed by atoms with E-state index in [0.29, 0.717) is 17.4 Å². The predicted molar refractivity (Wildman–Crippen MR) is 121 cm³/mol. The number of nitrogens with zero attached hydrogens (tertiary/aromatic N) is 3. The third-order valence-electron chi connectivity index (χ3n) is 5.21. The van der Waals surface area contributed by atoms with Crippen molar-refractivity contribution in [3.05, 3.63) is 53.7 Å². The van der Waals surface area contributed by atoms with E-state index >= 15 is 0 Å².